The van der Waals surface area contributed by atoms with Gasteiger partial charge in [-0.25, -0.2) is 4.79 Å². The zero-order valence-electron chi connectivity index (χ0n) is 12.8. The third-order valence-electron chi connectivity index (χ3n) is 4.22. The summed E-state index contributed by atoms with van der Waals surface area (Å²) in [6, 6.07) is 9.15. The van der Waals surface area contributed by atoms with Gasteiger partial charge in [-0.15, -0.1) is 11.6 Å². The minimum absolute atomic E-state index is 0.0400. The molecule has 0 aromatic heterocycles. The maximum atomic E-state index is 12.5. The van der Waals surface area contributed by atoms with Gasteiger partial charge in [-0.2, -0.15) is 0 Å². The molecule has 1 aromatic carbocycles. The Kier molecular flexibility index (Phi) is 7.00. The molecule has 1 aliphatic rings. The van der Waals surface area contributed by atoms with Crippen LogP contribution >= 0.6 is 11.6 Å². The van der Waals surface area contributed by atoms with Crippen LogP contribution in [-0.2, 0) is 0 Å². The molecule has 0 saturated carbocycles. The molecule has 1 aromatic rings. The SMILES string of the molecule is O=C(Oc1ccccc1)N1CCC[C@@H](CO)[C@H]1CCCCCl. The van der Waals surface area contributed by atoms with Crippen LogP contribution in [0.3, 0.4) is 0 Å². The van der Waals surface area contributed by atoms with Gasteiger partial charge in [0.05, 0.1) is 0 Å². The topological polar surface area (TPSA) is 49.8 Å². The second-order valence-electron chi connectivity index (χ2n) is 5.71. The summed E-state index contributed by atoms with van der Waals surface area (Å²) in [5.41, 5.74) is 0. The van der Waals surface area contributed by atoms with Crippen LogP contribution < -0.4 is 4.74 Å². The summed E-state index contributed by atoms with van der Waals surface area (Å²) in [5, 5.41) is 9.60. The summed E-state index contributed by atoms with van der Waals surface area (Å²) < 4.78 is 5.46. The fourth-order valence-corrected chi connectivity index (χ4v) is 3.25. The zero-order chi connectivity index (χ0) is 15.8. The fraction of sp³-hybridized carbons (Fsp3) is 0.588. The lowest BCUT2D eigenvalue weighted by molar-refractivity contribution is 0.0528. The Bertz CT molecular complexity index is 454. The van der Waals surface area contributed by atoms with Crippen LogP contribution in [-0.4, -0.2) is 41.2 Å². The van der Waals surface area contributed by atoms with Gasteiger partial charge in [0.1, 0.15) is 5.75 Å². The molecule has 1 aliphatic heterocycles. The van der Waals surface area contributed by atoms with Gasteiger partial charge in [0, 0.05) is 31.0 Å². The number of ether oxygens (including phenoxy) is 1. The molecule has 1 fully saturated rings. The maximum absolute atomic E-state index is 12.5. The monoisotopic (exact) mass is 325 g/mol. The highest BCUT2D eigenvalue weighted by Crippen LogP contribution is 2.28. The van der Waals surface area contributed by atoms with Crippen LogP contribution in [0.4, 0.5) is 4.79 Å². The number of hydrogen-bond donors (Lipinski definition) is 1. The summed E-state index contributed by atoms with van der Waals surface area (Å²) in [7, 11) is 0. The first-order valence-corrected chi connectivity index (χ1v) is 8.50. The van der Waals surface area contributed by atoms with Crippen LogP contribution in [0.2, 0.25) is 0 Å². The van der Waals surface area contributed by atoms with E-state index in [9.17, 15) is 9.90 Å². The van der Waals surface area contributed by atoms with Crippen molar-refractivity contribution in [3.63, 3.8) is 0 Å². The van der Waals surface area contributed by atoms with Crippen molar-refractivity contribution in [2.24, 2.45) is 5.92 Å². The van der Waals surface area contributed by atoms with E-state index in [1.54, 1.807) is 17.0 Å². The molecule has 5 heteroatoms. The first kappa shape index (κ1) is 17.1. The lowest BCUT2D eigenvalue weighted by Crippen LogP contribution is -2.50. The Labute approximate surface area is 137 Å². The molecule has 0 unspecified atom stereocenters. The van der Waals surface area contributed by atoms with Crippen LogP contribution in [0.1, 0.15) is 32.1 Å². The molecule has 2 rings (SSSR count). The molecular formula is C17H24ClNO3. The fourth-order valence-electron chi connectivity index (χ4n) is 3.06. The second-order valence-corrected chi connectivity index (χ2v) is 6.09. The smallest absolute Gasteiger partial charge is 0.410 e. The van der Waals surface area contributed by atoms with Gasteiger partial charge in [0.2, 0.25) is 0 Å². The Morgan fingerprint density at radius 3 is 2.77 bits per heavy atom. The number of rotatable bonds is 6. The van der Waals surface area contributed by atoms with Crippen molar-refractivity contribution < 1.29 is 14.6 Å². The predicted molar refractivity (Wildman–Crippen MR) is 87.3 cm³/mol. The number of aliphatic hydroxyl groups is 1. The molecule has 22 heavy (non-hydrogen) atoms. The molecule has 1 saturated heterocycles. The van der Waals surface area contributed by atoms with E-state index in [-0.39, 0.29) is 24.7 Å². The van der Waals surface area contributed by atoms with Gasteiger partial charge >= 0.3 is 6.09 Å². The van der Waals surface area contributed by atoms with E-state index in [0.717, 1.165) is 32.1 Å². The molecule has 122 valence electrons. The Morgan fingerprint density at radius 1 is 1.32 bits per heavy atom. The summed E-state index contributed by atoms with van der Waals surface area (Å²) in [4.78, 5) is 14.3. The Hall–Kier alpha value is -1.26. The normalized spacial score (nSPS) is 21.6. The molecule has 0 spiro atoms. The van der Waals surface area contributed by atoms with Crippen LogP contribution in [0.15, 0.2) is 30.3 Å². The van der Waals surface area contributed by atoms with Crippen molar-refractivity contribution >= 4 is 17.7 Å². The number of amides is 1. The molecule has 0 bridgehead atoms. The number of hydrogen-bond acceptors (Lipinski definition) is 3. The first-order chi connectivity index (χ1) is 10.8. The van der Waals surface area contributed by atoms with E-state index >= 15 is 0 Å². The molecule has 0 aliphatic carbocycles. The number of carbonyl (C=O) groups excluding carboxylic acids is 1. The van der Waals surface area contributed by atoms with E-state index in [4.69, 9.17) is 16.3 Å². The van der Waals surface area contributed by atoms with E-state index in [2.05, 4.69) is 0 Å². The summed E-state index contributed by atoms with van der Waals surface area (Å²) in [6.45, 7) is 0.800. The quantitative estimate of drug-likeness (QED) is 0.641. The number of benzene rings is 1. The zero-order valence-corrected chi connectivity index (χ0v) is 13.5. The minimum Gasteiger partial charge on any atom is -0.410 e. The molecule has 0 radical (unpaired) electrons. The van der Waals surface area contributed by atoms with Crippen molar-refractivity contribution in [3.8, 4) is 5.75 Å². The summed E-state index contributed by atoms with van der Waals surface area (Å²) in [5.74, 6) is 1.32. The van der Waals surface area contributed by atoms with Gasteiger partial charge in [0.15, 0.2) is 0 Å². The maximum Gasteiger partial charge on any atom is 0.415 e. The van der Waals surface area contributed by atoms with Crippen molar-refractivity contribution in [3.05, 3.63) is 30.3 Å². The standard InChI is InChI=1S/C17H24ClNO3/c18-11-5-4-10-16-14(13-20)7-6-12-19(16)17(21)22-15-8-2-1-3-9-15/h1-3,8-9,14,16,20H,4-7,10-13H2/t14-,16+/m0/s1. The van der Waals surface area contributed by atoms with E-state index < -0.39 is 0 Å². The number of unbranched alkanes of at least 4 members (excludes halogenated alkanes) is 1. The number of piperidine rings is 1. The van der Waals surface area contributed by atoms with E-state index in [1.807, 2.05) is 18.2 Å². The van der Waals surface area contributed by atoms with Crippen molar-refractivity contribution in [1.82, 2.24) is 4.90 Å². The van der Waals surface area contributed by atoms with Crippen molar-refractivity contribution in [1.29, 1.82) is 0 Å². The van der Waals surface area contributed by atoms with Crippen LogP contribution in [0.25, 0.3) is 0 Å². The second kappa shape index (κ2) is 9.01. The van der Waals surface area contributed by atoms with Gasteiger partial charge < -0.3 is 14.7 Å². The molecule has 1 heterocycles. The van der Waals surface area contributed by atoms with Gasteiger partial charge in [0.25, 0.3) is 0 Å². The molecule has 1 N–H and O–H groups in total. The van der Waals surface area contributed by atoms with Gasteiger partial charge in [-0.3, -0.25) is 0 Å². The highest BCUT2D eigenvalue weighted by molar-refractivity contribution is 6.17. The average Bonchev–Trinajstić information content (AvgIpc) is 2.56. The number of nitrogens with zero attached hydrogens (tertiary/aromatic N) is 1. The summed E-state index contributed by atoms with van der Waals surface area (Å²) in [6.07, 6.45) is 4.29. The number of carbonyl (C=O) groups is 1. The molecule has 4 nitrogen and oxygen atoms in total. The average molecular weight is 326 g/mol. The Balaban J connectivity index is 2.02. The number of para-hydroxylation sites is 1. The first-order valence-electron chi connectivity index (χ1n) is 7.96. The third-order valence-corrected chi connectivity index (χ3v) is 4.49. The molecule has 1 amide bonds. The molecule has 2 atom stereocenters. The summed E-state index contributed by atoms with van der Waals surface area (Å²) >= 11 is 5.74. The van der Waals surface area contributed by atoms with Crippen LogP contribution in [0.5, 0.6) is 5.75 Å². The van der Waals surface area contributed by atoms with Gasteiger partial charge in [-0.05, 0) is 37.8 Å². The van der Waals surface area contributed by atoms with Gasteiger partial charge in [-0.1, -0.05) is 24.6 Å². The predicted octanol–water partition coefficient (Wildman–Crippen LogP) is 3.67. The number of halogens is 1. The highest BCUT2D eigenvalue weighted by atomic mass is 35.5. The Morgan fingerprint density at radius 2 is 2.09 bits per heavy atom. The van der Waals surface area contributed by atoms with Crippen molar-refractivity contribution in [2.45, 2.75) is 38.1 Å². The third kappa shape index (κ3) is 4.62. The number of alkyl halides is 1. The van der Waals surface area contributed by atoms with E-state index in [0.29, 0.717) is 18.2 Å². The largest absolute Gasteiger partial charge is 0.415 e. The lowest BCUT2D eigenvalue weighted by atomic mass is 9.87. The minimum atomic E-state index is -0.319. The van der Waals surface area contributed by atoms with Crippen LogP contribution in [0, 0.1) is 5.92 Å². The van der Waals surface area contributed by atoms with Crippen molar-refractivity contribution in [2.75, 3.05) is 19.0 Å². The molecular weight excluding hydrogens is 302 g/mol. The van der Waals surface area contributed by atoms with E-state index in [1.165, 1.54) is 0 Å². The highest BCUT2D eigenvalue weighted by Gasteiger charge is 2.34. The number of aliphatic hydroxyl groups excluding tert-OH is 1. The number of likely N-dealkylation sites (tertiary alicyclic amines) is 1. The lowest BCUT2D eigenvalue weighted by Gasteiger charge is -2.40.